The van der Waals surface area contributed by atoms with Crippen molar-refractivity contribution in [2.75, 3.05) is 13.1 Å². The number of nitrogens with one attached hydrogen (secondary N) is 2. The molecule has 1 amide bonds. The number of carbonyl (C=O) groups excluding carboxylic acids is 1. The average Bonchev–Trinajstić information content (AvgIpc) is 3.01. The minimum atomic E-state index is -4.84. The maximum absolute atomic E-state index is 14.8. The molecule has 260 valence electrons. The molecule has 1 saturated carbocycles. The highest BCUT2D eigenvalue weighted by molar-refractivity contribution is 6.05. The smallest absolute Gasteiger partial charge is 0.406 e. The van der Waals surface area contributed by atoms with Gasteiger partial charge < -0.3 is 10.1 Å². The number of ether oxygens (including phenoxy) is 1. The highest BCUT2D eigenvalue weighted by atomic mass is 19.4. The van der Waals surface area contributed by atoms with E-state index in [9.17, 15) is 22.4 Å². The van der Waals surface area contributed by atoms with Crippen molar-refractivity contribution in [1.29, 1.82) is 0 Å². The zero-order chi connectivity index (χ0) is 35.3. The summed E-state index contributed by atoms with van der Waals surface area (Å²) in [5, 5.41) is 6.34. The van der Waals surface area contributed by atoms with Crippen molar-refractivity contribution in [2.45, 2.75) is 78.8 Å². The molecule has 3 unspecified atom stereocenters. The van der Waals surface area contributed by atoms with Crippen LogP contribution in [0.25, 0.3) is 16.1 Å². The molecular formula is C36H46F4N6O2. The lowest BCUT2D eigenvalue weighted by Gasteiger charge is -2.33. The van der Waals surface area contributed by atoms with Crippen molar-refractivity contribution in [3.63, 3.8) is 0 Å². The Labute approximate surface area is 280 Å². The highest BCUT2D eigenvalue weighted by Crippen LogP contribution is 2.35. The number of halogens is 4. The van der Waals surface area contributed by atoms with Crippen LogP contribution in [0.2, 0.25) is 0 Å². The van der Waals surface area contributed by atoms with E-state index in [4.69, 9.17) is 10.5 Å². The van der Waals surface area contributed by atoms with Crippen LogP contribution in [0.15, 0.2) is 77.0 Å². The van der Waals surface area contributed by atoms with Crippen LogP contribution in [0.4, 0.5) is 17.6 Å². The monoisotopic (exact) mass is 670 g/mol. The van der Waals surface area contributed by atoms with E-state index in [0.29, 0.717) is 54.4 Å². The molecule has 0 aliphatic heterocycles. The third kappa shape index (κ3) is 12.0. The van der Waals surface area contributed by atoms with E-state index in [0.717, 1.165) is 31.2 Å². The number of aliphatic imine (C=N–C) groups is 1. The van der Waals surface area contributed by atoms with Crippen LogP contribution in [0, 0.1) is 23.7 Å². The minimum Gasteiger partial charge on any atom is -0.406 e. The van der Waals surface area contributed by atoms with Crippen molar-refractivity contribution in [1.82, 2.24) is 10.7 Å². The largest absolute Gasteiger partial charge is 0.573 e. The molecule has 0 heterocycles. The van der Waals surface area contributed by atoms with Gasteiger partial charge in [-0.05, 0) is 89.6 Å². The lowest BCUT2D eigenvalue weighted by molar-refractivity contribution is -0.274. The van der Waals surface area contributed by atoms with E-state index in [2.05, 4.69) is 32.2 Å². The first-order valence-electron chi connectivity index (χ1n) is 16.5. The van der Waals surface area contributed by atoms with Gasteiger partial charge in [-0.1, -0.05) is 77.8 Å². The summed E-state index contributed by atoms with van der Waals surface area (Å²) in [5.41, 5.74) is 14.1. The maximum atomic E-state index is 14.8. The van der Waals surface area contributed by atoms with E-state index in [-0.39, 0.29) is 29.1 Å². The number of rotatable bonds is 18. The van der Waals surface area contributed by atoms with Crippen LogP contribution in [-0.4, -0.2) is 31.1 Å². The number of benzene rings is 2. The molecular weight excluding hydrogens is 624 g/mol. The molecule has 2 aromatic rings. The van der Waals surface area contributed by atoms with E-state index < -0.39 is 18.4 Å². The molecule has 12 heteroatoms. The predicted molar refractivity (Wildman–Crippen MR) is 182 cm³/mol. The third-order valence-electron chi connectivity index (χ3n) is 8.64. The third-order valence-corrected chi connectivity index (χ3v) is 8.64. The number of hydrogen-bond acceptors (Lipinski definition) is 4. The SMILES string of the molecule is C=C(/C=C(\N=C(c1ccc(C(F)CC(C)C)cc1)C(C)CC)c1ccc(OC(F)(F)F)cc1)C(=O)NCC(CCNN=[N+]=[N-])C1CCC1. The topological polar surface area (TPSA) is 111 Å². The van der Waals surface area contributed by atoms with Gasteiger partial charge in [0.05, 0.1) is 18.0 Å². The van der Waals surface area contributed by atoms with E-state index >= 15 is 0 Å². The van der Waals surface area contributed by atoms with Gasteiger partial charge in [0, 0.05) is 17.7 Å². The second kappa shape index (κ2) is 18.3. The molecule has 0 spiro atoms. The van der Waals surface area contributed by atoms with Crippen molar-refractivity contribution < 1.29 is 27.1 Å². The number of amides is 1. The lowest BCUT2D eigenvalue weighted by Crippen LogP contribution is -2.36. The summed E-state index contributed by atoms with van der Waals surface area (Å²) in [6.07, 6.45) is 0.705. The number of hydrogen-bond donors (Lipinski definition) is 2. The zero-order valence-corrected chi connectivity index (χ0v) is 28.1. The summed E-state index contributed by atoms with van der Waals surface area (Å²) in [6.45, 7) is 12.8. The van der Waals surface area contributed by atoms with E-state index in [1.54, 1.807) is 12.1 Å². The molecule has 3 atom stereocenters. The molecule has 0 radical (unpaired) electrons. The Balaban J connectivity index is 1.94. The van der Waals surface area contributed by atoms with Gasteiger partial charge in [0.15, 0.2) is 0 Å². The quantitative estimate of drug-likeness (QED) is 0.0190. The van der Waals surface area contributed by atoms with Crippen LogP contribution in [0.3, 0.4) is 0 Å². The molecule has 48 heavy (non-hydrogen) atoms. The Kier molecular flexibility index (Phi) is 14.5. The molecule has 1 fully saturated rings. The predicted octanol–water partition coefficient (Wildman–Crippen LogP) is 9.81. The van der Waals surface area contributed by atoms with Crippen LogP contribution >= 0.6 is 0 Å². The number of alkyl halides is 4. The standard InChI is InChI=1S/C36H46F4N6O2/c1-6-24(4)34(29-12-10-27(11-13-29)32(37)20-23(2)3)44-33(28-14-16-31(17-15-28)48-36(38,39)40)21-25(5)35(47)42-22-30(26-8-7-9-26)18-19-43-46-45-41/h10-17,21,23-24,26,30,32,43H,5-9,18-20,22H2,1-4H3,(H,42,47)/b33-21-,44-34?. The van der Waals surface area contributed by atoms with Crippen LogP contribution in [0.5, 0.6) is 5.75 Å². The van der Waals surface area contributed by atoms with Crippen molar-refractivity contribution >= 4 is 17.3 Å². The maximum Gasteiger partial charge on any atom is 0.573 e. The molecule has 2 aromatic carbocycles. The van der Waals surface area contributed by atoms with Gasteiger partial charge in [-0.2, -0.15) is 4.91 Å². The molecule has 0 saturated heterocycles. The molecule has 2 N–H and O–H groups in total. The first-order chi connectivity index (χ1) is 22.8. The van der Waals surface area contributed by atoms with Crippen LogP contribution in [0.1, 0.15) is 89.1 Å². The van der Waals surface area contributed by atoms with E-state index in [1.165, 1.54) is 30.3 Å². The zero-order valence-electron chi connectivity index (χ0n) is 28.1. The number of azide groups is 1. The van der Waals surface area contributed by atoms with Gasteiger partial charge in [-0.15, -0.1) is 18.7 Å². The van der Waals surface area contributed by atoms with Gasteiger partial charge in [-0.25, -0.2) is 4.39 Å². The molecule has 0 aromatic heterocycles. The molecule has 0 bridgehead atoms. The molecule has 1 aliphatic rings. The fourth-order valence-electron chi connectivity index (χ4n) is 5.52. The van der Waals surface area contributed by atoms with Crippen molar-refractivity contribution in [3.8, 4) is 5.75 Å². The summed E-state index contributed by atoms with van der Waals surface area (Å²) < 4.78 is 57.4. The summed E-state index contributed by atoms with van der Waals surface area (Å²) in [4.78, 5) is 21.0. The summed E-state index contributed by atoms with van der Waals surface area (Å²) in [6, 6.07) is 12.4. The molecule has 8 nitrogen and oxygen atoms in total. The average molecular weight is 671 g/mol. The van der Waals surface area contributed by atoms with Crippen LogP contribution < -0.4 is 15.5 Å². The first-order valence-corrected chi connectivity index (χ1v) is 16.5. The lowest BCUT2D eigenvalue weighted by atomic mass is 9.74. The van der Waals surface area contributed by atoms with Crippen molar-refractivity contribution in [3.05, 3.63) is 93.9 Å². The van der Waals surface area contributed by atoms with Crippen molar-refractivity contribution in [2.24, 2.45) is 33.9 Å². The number of nitrogens with zero attached hydrogens (tertiary/aromatic N) is 4. The Morgan fingerprint density at radius 2 is 1.75 bits per heavy atom. The number of carbonyl (C=O) groups is 1. The summed E-state index contributed by atoms with van der Waals surface area (Å²) >= 11 is 0. The van der Waals surface area contributed by atoms with Crippen LogP contribution in [-0.2, 0) is 4.79 Å². The Morgan fingerprint density at radius 1 is 1.10 bits per heavy atom. The minimum absolute atomic E-state index is 0.0479. The van der Waals surface area contributed by atoms with Gasteiger partial charge >= 0.3 is 6.36 Å². The van der Waals surface area contributed by atoms with Gasteiger partial charge in [0.1, 0.15) is 11.9 Å². The second-order valence-electron chi connectivity index (χ2n) is 12.7. The Hall–Kier alpha value is -4.31. The molecule has 1 aliphatic carbocycles. The Bertz CT molecular complexity index is 1460. The van der Waals surface area contributed by atoms with Gasteiger partial charge in [0.25, 0.3) is 5.91 Å². The summed E-state index contributed by atoms with van der Waals surface area (Å²) in [7, 11) is 0. The van der Waals surface area contributed by atoms with E-state index in [1.807, 2.05) is 39.8 Å². The second-order valence-corrected chi connectivity index (χ2v) is 12.7. The normalized spacial score (nSPS) is 15.9. The summed E-state index contributed by atoms with van der Waals surface area (Å²) in [5.74, 6) is 0.0102. The fourth-order valence-corrected chi connectivity index (χ4v) is 5.52. The van der Waals surface area contributed by atoms with Gasteiger partial charge in [0.2, 0.25) is 0 Å². The Morgan fingerprint density at radius 3 is 2.29 bits per heavy atom. The highest BCUT2D eigenvalue weighted by Gasteiger charge is 2.31. The molecule has 3 rings (SSSR count). The van der Waals surface area contributed by atoms with Gasteiger partial charge in [-0.3, -0.25) is 15.2 Å². The fraction of sp³-hybridized carbons (Fsp3) is 0.500. The first kappa shape index (κ1) is 38.1.